The third-order valence-electron chi connectivity index (χ3n) is 4.63. The van der Waals surface area contributed by atoms with Crippen LogP contribution in [0.5, 0.6) is 0 Å². The molecule has 5 nitrogen and oxygen atoms in total. The Bertz CT molecular complexity index is 979. The molecule has 1 aromatic heterocycles. The minimum atomic E-state index is -0.419. The van der Waals surface area contributed by atoms with Gasteiger partial charge in [0.2, 0.25) is 5.91 Å². The molecule has 0 aliphatic heterocycles. The predicted molar refractivity (Wildman–Crippen MR) is 106 cm³/mol. The van der Waals surface area contributed by atoms with E-state index in [1.165, 1.54) is 17.0 Å². The minimum absolute atomic E-state index is 0.0641. The molecule has 146 valence electrons. The van der Waals surface area contributed by atoms with Crippen molar-refractivity contribution >= 4 is 22.8 Å². The van der Waals surface area contributed by atoms with Crippen LogP contribution in [0.3, 0.4) is 0 Å². The summed E-state index contributed by atoms with van der Waals surface area (Å²) >= 11 is 0. The molecule has 0 bridgehead atoms. The monoisotopic (exact) mass is 382 g/mol. The number of carbonyl (C=O) groups is 2. The second-order valence-electron chi connectivity index (χ2n) is 6.59. The first-order chi connectivity index (χ1) is 13.5. The van der Waals surface area contributed by atoms with Gasteiger partial charge in [-0.2, -0.15) is 0 Å². The molecule has 0 saturated heterocycles. The lowest BCUT2D eigenvalue weighted by atomic mass is 10.0. The lowest BCUT2D eigenvalue weighted by Gasteiger charge is -2.16. The molecule has 28 heavy (non-hydrogen) atoms. The van der Waals surface area contributed by atoms with Crippen molar-refractivity contribution in [1.29, 1.82) is 0 Å². The summed E-state index contributed by atoms with van der Waals surface area (Å²) in [6.07, 6.45) is 0.759. The molecule has 3 aromatic rings. The summed E-state index contributed by atoms with van der Waals surface area (Å²) in [7, 11) is 1.59. The number of amides is 1. The second-order valence-corrected chi connectivity index (χ2v) is 6.59. The van der Waals surface area contributed by atoms with Crippen molar-refractivity contribution in [2.75, 3.05) is 20.2 Å². The number of hydrogen-bond acceptors (Lipinski definition) is 3. The van der Waals surface area contributed by atoms with Crippen LogP contribution < -0.4 is 0 Å². The summed E-state index contributed by atoms with van der Waals surface area (Å²) in [6, 6.07) is 14.1. The number of hydrogen-bond donors (Lipinski definition) is 1. The molecule has 6 heteroatoms. The topological polar surface area (TPSA) is 62.4 Å². The van der Waals surface area contributed by atoms with E-state index >= 15 is 0 Å². The zero-order chi connectivity index (χ0) is 20.1. The maximum Gasteiger partial charge on any atom is 0.325 e. The van der Waals surface area contributed by atoms with Crippen LogP contribution in [0, 0.1) is 5.82 Å². The molecule has 2 aromatic carbocycles. The molecule has 1 amide bonds. The Morgan fingerprint density at radius 3 is 2.54 bits per heavy atom. The van der Waals surface area contributed by atoms with Gasteiger partial charge in [0, 0.05) is 30.1 Å². The van der Waals surface area contributed by atoms with E-state index in [9.17, 15) is 14.0 Å². The number of fused-ring (bicyclic) bond motifs is 1. The number of para-hydroxylation sites is 1. The number of esters is 1. The average Bonchev–Trinajstić information content (AvgIpc) is 3.05. The third kappa shape index (κ3) is 4.39. The molecule has 0 radical (unpaired) electrons. The van der Waals surface area contributed by atoms with Crippen molar-refractivity contribution in [2.45, 2.75) is 19.8 Å². The second kappa shape index (κ2) is 8.69. The van der Waals surface area contributed by atoms with Crippen LogP contribution in [-0.2, 0) is 20.7 Å². The molecule has 0 aliphatic carbocycles. The normalized spacial score (nSPS) is 10.8. The van der Waals surface area contributed by atoms with Gasteiger partial charge in [0.05, 0.1) is 6.61 Å². The van der Waals surface area contributed by atoms with Gasteiger partial charge in [0.1, 0.15) is 12.4 Å². The quantitative estimate of drug-likeness (QED) is 0.630. The molecule has 0 fully saturated rings. The van der Waals surface area contributed by atoms with Gasteiger partial charge in [0.15, 0.2) is 0 Å². The van der Waals surface area contributed by atoms with Gasteiger partial charge in [-0.25, -0.2) is 4.39 Å². The fourth-order valence-electron chi connectivity index (χ4n) is 3.23. The summed E-state index contributed by atoms with van der Waals surface area (Å²) in [5, 5.41) is 1.03. The van der Waals surface area contributed by atoms with Gasteiger partial charge in [-0.05, 0) is 54.8 Å². The average molecular weight is 382 g/mol. The highest BCUT2D eigenvalue weighted by molar-refractivity contribution is 5.91. The number of rotatable bonds is 7. The van der Waals surface area contributed by atoms with E-state index < -0.39 is 5.97 Å². The molecule has 3 rings (SSSR count). The number of aromatic nitrogens is 1. The highest BCUT2D eigenvalue weighted by Gasteiger charge is 2.17. The van der Waals surface area contributed by atoms with Crippen molar-refractivity contribution in [3.8, 4) is 11.3 Å². The van der Waals surface area contributed by atoms with E-state index in [1.54, 1.807) is 26.1 Å². The van der Waals surface area contributed by atoms with Gasteiger partial charge in [-0.1, -0.05) is 18.2 Å². The van der Waals surface area contributed by atoms with Gasteiger partial charge < -0.3 is 14.6 Å². The summed E-state index contributed by atoms with van der Waals surface area (Å²) in [6.45, 7) is 1.95. The lowest BCUT2D eigenvalue weighted by Crippen LogP contribution is -2.33. The maximum atomic E-state index is 13.3. The molecule has 1 heterocycles. The van der Waals surface area contributed by atoms with E-state index in [0.717, 1.165) is 27.7 Å². The Hall–Kier alpha value is -3.15. The first-order valence-corrected chi connectivity index (χ1v) is 9.24. The third-order valence-corrected chi connectivity index (χ3v) is 4.63. The number of nitrogens with one attached hydrogen (secondary N) is 1. The molecule has 0 unspecified atom stereocenters. The first-order valence-electron chi connectivity index (χ1n) is 9.24. The number of ether oxygens (including phenoxy) is 1. The van der Waals surface area contributed by atoms with Gasteiger partial charge in [-0.15, -0.1) is 0 Å². The van der Waals surface area contributed by atoms with Gasteiger partial charge >= 0.3 is 5.97 Å². The first kappa shape index (κ1) is 19.6. The number of nitrogens with zero attached hydrogens (tertiary/aromatic N) is 1. The molecule has 0 aliphatic rings. The predicted octanol–water partition coefficient (Wildman–Crippen LogP) is 3.93. The molecule has 0 atom stereocenters. The zero-order valence-electron chi connectivity index (χ0n) is 16.0. The van der Waals surface area contributed by atoms with Crippen LogP contribution in [0.1, 0.15) is 18.9 Å². The van der Waals surface area contributed by atoms with Crippen LogP contribution in [0.15, 0.2) is 48.5 Å². The number of H-pyrrole nitrogens is 1. The zero-order valence-corrected chi connectivity index (χ0v) is 16.0. The fraction of sp³-hybridized carbons (Fsp3) is 0.273. The smallest absolute Gasteiger partial charge is 0.325 e. The Labute approximate surface area is 163 Å². The number of likely N-dealkylation sites (N-methyl/N-ethyl adjacent to an activating group) is 1. The maximum absolute atomic E-state index is 13.3. The number of aromatic amines is 1. The van der Waals surface area contributed by atoms with Gasteiger partial charge in [-0.3, -0.25) is 9.59 Å². The largest absolute Gasteiger partial charge is 0.465 e. The van der Waals surface area contributed by atoms with E-state index in [-0.39, 0.29) is 31.3 Å². The molecule has 1 N–H and O–H groups in total. The van der Waals surface area contributed by atoms with Crippen LogP contribution in [0.4, 0.5) is 4.39 Å². The number of benzene rings is 2. The van der Waals surface area contributed by atoms with Gasteiger partial charge in [0.25, 0.3) is 0 Å². The van der Waals surface area contributed by atoms with Crippen molar-refractivity contribution in [3.05, 3.63) is 59.9 Å². The molecular weight excluding hydrogens is 359 g/mol. The van der Waals surface area contributed by atoms with Crippen molar-refractivity contribution in [1.82, 2.24) is 9.88 Å². The standard InChI is InChI=1S/C22H23FN2O3/c1-3-28-21(27)14-25(2)20(26)13-12-18-17-6-4-5-7-19(17)24-22(18)15-8-10-16(23)11-9-15/h4-11,24H,3,12-14H2,1-2H3. The Morgan fingerprint density at radius 1 is 1.11 bits per heavy atom. The molecular formula is C22H23FN2O3. The van der Waals surface area contributed by atoms with E-state index in [4.69, 9.17) is 4.74 Å². The fourth-order valence-corrected chi connectivity index (χ4v) is 3.23. The van der Waals surface area contributed by atoms with Crippen LogP contribution >= 0.6 is 0 Å². The van der Waals surface area contributed by atoms with Crippen LogP contribution in [0.25, 0.3) is 22.2 Å². The number of halogens is 1. The summed E-state index contributed by atoms with van der Waals surface area (Å²) in [5.74, 6) is -0.849. The molecule has 0 saturated carbocycles. The summed E-state index contributed by atoms with van der Waals surface area (Å²) in [5.41, 5.74) is 3.70. The molecule has 0 spiro atoms. The highest BCUT2D eigenvalue weighted by atomic mass is 19.1. The number of carbonyl (C=O) groups excluding carboxylic acids is 2. The lowest BCUT2D eigenvalue weighted by molar-refractivity contribution is -0.148. The SMILES string of the molecule is CCOC(=O)CN(C)C(=O)CCc1c(-c2ccc(F)cc2)[nH]c2ccccc12. The van der Waals surface area contributed by atoms with Crippen molar-refractivity contribution in [3.63, 3.8) is 0 Å². The summed E-state index contributed by atoms with van der Waals surface area (Å²) in [4.78, 5) is 28.8. The van der Waals surface area contributed by atoms with Crippen LogP contribution in [-0.4, -0.2) is 42.0 Å². The van der Waals surface area contributed by atoms with E-state index in [0.29, 0.717) is 6.42 Å². The van der Waals surface area contributed by atoms with Crippen molar-refractivity contribution in [2.24, 2.45) is 0 Å². The summed E-state index contributed by atoms with van der Waals surface area (Å²) < 4.78 is 18.2. The Morgan fingerprint density at radius 2 is 1.82 bits per heavy atom. The van der Waals surface area contributed by atoms with E-state index in [1.807, 2.05) is 24.3 Å². The Balaban J connectivity index is 1.82. The highest BCUT2D eigenvalue weighted by Crippen LogP contribution is 2.31. The van der Waals surface area contributed by atoms with Crippen molar-refractivity contribution < 1.29 is 18.7 Å². The minimum Gasteiger partial charge on any atom is -0.465 e. The van der Waals surface area contributed by atoms with E-state index in [2.05, 4.69) is 4.98 Å². The Kier molecular flexibility index (Phi) is 6.09. The van der Waals surface area contributed by atoms with Crippen LogP contribution in [0.2, 0.25) is 0 Å². The number of aryl methyl sites for hydroxylation is 1.